The summed E-state index contributed by atoms with van der Waals surface area (Å²) in [5, 5.41) is 26.3. The van der Waals surface area contributed by atoms with E-state index in [0.29, 0.717) is 12.8 Å². The summed E-state index contributed by atoms with van der Waals surface area (Å²) in [6.07, 6.45) is 1.80. The van der Waals surface area contributed by atoms with Crippen LogP contribution in [0.1, 0.15) is 19.3 Å². The average Bonchev–Trinajstić information content (AvgIpc) is 2.36. The van der Waals surface area contributed by atoms with E-state index in [9.17, 15) is 0 Å². The first-order valence-electron chi connectivity index (χ1n) is 6.13. The van der Waals surface area contributed by atoms with Gasteiger partial charge in [-0.1, -0.05) is 0 Å². The van der Waals surface area contributed by atoms with Gasteiger partial charge in [-0.15, -0.1) is 0 Å². The number of nitrogens with zero attached hydrogens (tertiary/aromatic N) is 4. The first-order valence-corrected chi connectivity index (χ1v) is 6.13. The standard InChI is InChI=1S/C12H20N4O/c13-4-1-2-12(3-5-14)16-8-6-15(7-9-16)10-11-17/h12,17H,1-3,6-11H2/t12-/m0/s1. The van der Waals surface area contributed by atoms with E-state index in [2.05, 4.69) is 21.9 Å². The highest BCUT2D eigenvalue weighted by molar-refractivity contribution is 4.87. The monoisotopic (exact) mass is 236 g/mol. The number of β-amino-alcohol motifs (C(OH)–C–C–N with tert-alkyl or cyclic N) is 1. The Bertz CT molecular complexity index is 286. The summed E-state index contributed by atoms with van der Waals surface area (Å²) >= 11 is 0. The van der Waals surface area contributed by atoms with Crippen molar-refractivity contribution in [1.29, 1.82) is 10.5 Å². The Labute approximate surface area is 103 Å². The molecule has 1 rings (SSSR count). The van der Waals surface area contributed by atoms with Gasteiger partial charge in [0.2, 0.25) is 0 Å². The SMILES string of the molecule is N#CCC[C@@H](CC#N)N1CCN(CCO)CC1. The molecule has 0 aliphatic carbocycles. The third-order valence-electron chi connectivity index (χ3n) is 3.26. The molecule has 0 aromatic rings. The first kappa shape index (κ1) is 13.9. The van der Waals surface area contributed by atoms with E-state index in [1.165, 1.54) is 0 Å². The van der Waals surface area contributed by atoms with Gasteiger partial charge in [0.25, 0.3) is 0 Å². The molecule has 17 heavy (non-hydrogen) atoms. The normalized spacial score (nSPS) is 19.5. The number of aliphatic hydroxyl groups is 1. The molecule has 0 unspecified atom stereocenters. The molecular weight excluding hydrogens is 216 g/mol. The Balaban J connectivity index is 2.38. The van der Waals surface area contributed by atoms with Gasteiger partial charge in [-0.2, -0.15) is 10.5 Å². The molecule has 0 spiro atoms. The maximum atomic E-state index is 8.86. The summed E-state index contributed by atoms with van der Waals surface area (Å²) in [4.78, 5) is 4.53. The van der Waals surface area contributed by atoms with E-state index >= 15 is 0 Å². The third-order valence-corrected chi connectivity index (χ3v) is 3.26. The Kier molecular flexibility index (Phi) is 6.57. The Morgan fingerprint density at radius 2 is 1.82 bits per heavy atom. The van der Waals surface area contributed by atoms with E-state index in [0.717, 1.165) is 39.1 Å². The van der Waals surface area contributed by atoms with Gasteiger partial charge >= 0.3 is 0 Å². The van der Waals surface area contributed by atoms with Crippen molar-refractivity contribution in [3.63, 3.8) is 0 Å². The van der Waals surface area contributed by atoms with Crippen LogP contribution < -0.4 is 0 Å². The quantitative estimate of drug-likeness (QED) is 0.712. The Hall–Kier alpha value is -1.14. The van der Waals surface area contributed by atoms with Crippen molar-refractivity contribution in [3.05, 3.63) is 0 Å². The maximum absolute atomic E-state index is 8.86. The van der Waals surface area contributed by atoms with Crippen molar-refractivity contribution < 1.29 is 5.11 Å². The second kappa shape index (κ2) is 8.03. The van der Waals surface area contributed by atoms with E-state index in [4.69, 9.17) is 15.6 Å². The summed E-state index contributed by atoms with van der Waals surface area (Å²) in [5.74, 6) is 0. The first-order chi connectivity index (χ1) is 8.31. The summed E-state index contributed by atoms with van der Waals surface area (Å²) in [6.45, 7) is 4.67. The van der Waals surface area contributed by atoms with E-state index in [1.54, 1.807) is 0 Å². The molecule has 94 valence electrons. The summed E-state index contributed by atoms with van der Waals surface area (Å²) < 4.78 is 0. The lowest BCUT2D eigenvalue weighted by atomic mass is 10.1. The van der Waals surface area contributed by atoms with Gasteiger partial charge in [-0.3, -0.25) is 9.80 Å². The molecule has 1 atom stereocenters. The highest BCUT2D eigenvalue weighted by Crippen LogP contribution is 2.13. The molecule has 1 fully saturated rings. The van der Waals surface area contributed by atoms with Crippen molar-refractivity contribution in [1.82, 2.24) is 9.80 Å². The zero-order valence-corrected chi connectivity index (χ0v) is 10.2. The molecule has 0 aromatic heterocycles. The van der Waals surface area contributed by atoms with Crippen molar-refractivity contribution in [2.24, 2.45) is 0 Å². The predicted molar refractivity (Wildman–Crippen MR) is 64.0 cm³/mol. The topological polar surface area (TPSA) is 74.3 Å². The number of hydrogen-bond donors (Lipinski definition) is 1. The number of rotatable bonds is 6. The van der Waals surface area contributed by atoms with Crippen LogP contribution in [0.25, 0.3) is 0 Å². The molecule has 0 bridgehead atoms. The van der Waals surface area contributed by atoms with Crippen LogP contribution in [0.5, 0.6) is 0 Å². The zero-order valence-electron chi connectivity index (χ0n) is 10.2. The van der Waals surface area contributed by atoms with Crippen LogP contribution in [0.4, 0.5) is 0 Å². The van der Waals surface area contributed by atoms with E-state index in [1.807, 2.05) is 0 Å². The van der Waals surface area contributed by atoms with Gasteiger partial charge in [0.1, 0.15) is 0 Å². The average molecular weight is 236 g/mol. The smallest absolute Gasteiger partial charge is 0.0638 e. The van der Waals surface area contributed by atoms with Gasteiger partial charge in [0.05, 0.1) is 25.2 Å². The van der Waals surface area contributed by atoms with Crippen molar-refractivity contribution in [2.75, 3.05) is 39.3 Å². The summed E-state index contributed by atoms with van der Waals surface area (Å²) in [5.41, 5.74) is 0. The molecule has 1 aliphatic heterocycles. The van der Waals surface area contributed by atoms with Crippen molar-refractivity contribution in [2.45, 2.75) is 25.3 Å². The van der Waals surface area contributed by atoms with Gasteiger partial charge in [-0.05, 0) is 6.42 Å². The molecule has 5 nitrogen and oxygen atoms in total. The minimum Gasteiger partial charge on any atom is -0.395 e. The maximum Gasteiger partial charge on any atom is 0.0638 e. The Morgan fingerprint density at radius 1 is 1.12 bits per heavy atom. The molecule has 0 radical (unpaired) electrons. The van der Waals surface area contributed by atoms with Gasteiger partial charge < -0.3 is 5.11 Å². The highest BCUT2D eigenvalue weighted by atomic mass is 16.3. The van der Waals surface area contributed by atoms with Crippen molar-refractivity contribution in [3.8, 4) is 12.1 Å². The molecular formula is C12H20N4O. The molecule has 0 amide bonds. The molecule has 0 saturated carbocycles. The lowest BCUT2D eigenvalue weighted by Gasteiger charge is -2.38. The zero-order chi connectivity index (χ0) is 12.5. The number of nitriles is 2. The van der Waals surface area contributed by atoms with Gasteiger partial charge in [0.15, 0.2) is 0 Å². The minimum absolute atomic E-state index is 0.204. The fraction of sp³-hybridized carbons (Fsp3) is 0.833. The molecule has 5 heteroatoms. The highest BCUT2D eigenvalue weighted by Gasteiger charge is 2.22. The second-order valence-corrected chi connectivity index (χ2v) is 4.31. The fourth-order valence-corrected chi connectivity index (χ4v) is 2.24. The fourth-order valence-electron chi connectivity index (χ4n) is 2.24. The minimum atomic E-state index is 0.204. The van der Waals surface area contributed by atoms with E-state index < -0.39 is 0 Å². The summed E-state index contributed by atoms with van der Waals surface area (Å²) in [7, 11) is 0. The molecule has 1 N–H and O–H groups in total. The molecule has 0 aromatic carbocycles. The van der Waals surface area contributed by atoms with Crippen LogP contribution in [0.15, 0.2) is 0 Å². The lowest BCUT2D eigenvalue weighted by Crippen LogP contribution is -2.50. The van der Waals surface area contributed by atoms with Gasteiger partial charge in [-0.25, -0.2) is 0 Å². The van der Waals surface area contributed by atoms with Crippen LogP contribution in [-0.2, 0) is 0 Å². The lowest BCUT2D eigenvalue weighted by molar-refractivity contribution is 0.0822. The van der Waals surface area contributed by atoms with Crippen LogP contribution in [0.2, 0.25) is 0 Å². The number of piperazine rings is 1. The predicted octanol–water partition coefficient (Wildman–Crippen LogP) is 0.182. The van der Waals surface area contributed by atoms with E-state index in [-0.39, 0.29) is 12.6 Å². The molecule has 1 heterocycles. The number of aliphatic hydroxyl groups excluding tert-OH is 1. The second-order valence-electron chi connectivity index (χ2n) is 4.31. The van der Waals surface area contributed by atoms with Crippen LogP contribution in [0.3, 0.4) is 0 Å². The van der Waals surface area contributed by atoms with Gasteiger partial charge in [0, 0.05) is 45.2 Å². The third kappa shape index (κ3) is 4.70. The van der Waals surface area contributed by atoms with Crippen LogP contribution >= 0.6 is 0 Å². The Morgan fingerprint density at radius 3 is 2.35 bits per heavy atom. The summed E-state index contributed by atoms with van der Waals surface area (Å²) in [6, 6.07) is 4.57. The molecule has 1 saturated heterocycles. The van der Waals surface area contributed by atoms with Crippen LogP contribution in [0, 0.1) is 22.7 Å². The van der Waals surface area contributed by atoms with Crippen LogP contribution in [-0.4, -0.2) is 60.3 Å². The largest absolute Gasteiger partial charge is 0.395 e. The number of hydrogen-bond acceptors (Lipinski definition) is 5. The molecule has 1 aliphatic rings. The van der Waals surface area contributed by atoms with Crippen molar-refractivity contribution >= 4 is 0 Å².